The second-order valence-corrected chi connectivity index (χ2v) is 19.8. The Labute approximate surface area is 406 Å². The van der Waals surface area contributed by atoms with Gasteiger partial charge in [0.15, 0.2) is 26.6 Å². The number of fused-ring (bicyclic) bond motifs is 1. The lowest BCUT2D eigenvalue weighted by atomic mass is 10.0. The van der Waals surface area contributed by atoms with Gasteiger partial charge in [0, 0.05) is 79.0 Å². The molecule has 0 atom stereocenters. The number of hydrogen-bond donors (Lipinski definition) is 7. The van der Waals surface area contributed by atoms with E-state index in [0.717, 1.165) is 81.4 Å². The third-order valence-electron chi connectivity index (χ3n) is 11.2. The Morgan fingerprint density at radius 1 is 0.971 bits per heavy atom. The molecule has 3 heterocycles. The highest BCUT2D eigenvalue weighted by atomic mass is 32.2. The predicted octanol–water partition coefficient (Wildman–Crippen LogP) is 6.41. The molecule has 1 aliphatic heterocycles. The van der Waals surface area contributed by atoms with Gasteiger partial charge in [-0.1, -0.05) is 55.1 Å². The fourth-order valence-electron chi connectivity index (χ4n) is 7.70. The monoisotopic (exact) mass is 986 g/mol. The van der Waals surface area contributed by atoms with Gasteiger partial charge in [0.1, 0.15) is 12.2 Å². The van der Waals surface area contributed by atoms with Gasteiger partial charge in [0.05, 0.1) is 29.2 Å². The van der Waals surface area contributed by atoms with Crippen LogP contribution in [-0.4, -0.2) is 104 Å². The number of unbranched alkanes of at least 4 members (excludes halogenated alkanes) is 2. The molecular formula is C49H61F3N12O3S2. The number of hydrazine groups is 1. The number of carbonyl (C=O) groups excluding carboxylic acids is 1. The van der Waals surface area contributed by atoms with Crippen LogP contribution >= 0.6 is 11.8 Å². The third kappa shape index (κ3) is 15.9. The molecule has 5 aromatic rings. The van der Waals surface area contributed by atoms with Crippen LogP contribution in [-0.2, 0) is 27.7 Å². The summed E-state index contributed by atoms with van der Waals surface area (Å²) in [5.41, 5.74) is 16.1. The maximum atomic E-state index is 13.8. The lowest BCUT2D eigenvalue weighted by molar-refractivity contribution is -0.140. The van der Waals surface area contributed by atoms with Crippen LogP contribution in [0.1, 0.15) is 62.3 Å². The number of piperidine rings is 1. The lowest BCUT2D eigenvalue weighted by Gasteiger charge is -2.33. The zero-order chi connectivity index (χ0) is 49.4. The first kappa shape index (κ1) is 52.2. The van der Waals surface area contributed by atoms with Crippen LogP contribution in [0.25, 0.3) is 10.9 Å². The van der Waals surface area contributed by atoms with Crippen molar-refractivity contribution in [1.29, 1.82) is 0 Å². The van der Waals surface area contributed by atoms with E-state index in [0.29, 0.717) is 70.8 Å². The molecule has 10 N–H and O–H groups in total. The highest BCUT2D eigenvalue weighted by molar-refractivity contribution is 7.99. The molecule has 0 spiro atoms. The van der Waals surface area contributed by atoms with Crippen molar-refractivity contribution in [3.05, 3.63) is 89.6 Å². The number of likely N-dealkylation sites (tertiary alicyclic amines) is 1. The highest BCUT2D eigenvalue weighted by Crippen LogP contribution is 2.32. The molecular weight excluding hydrogens is 926 g/mol. The van der Waals surface area contributed by atoms with Gasteiger partial charge in [-0.05, 0) is 105 Å². The van der Waals surface area contributed by atoms with E-state index in [2.05, 4.69) is 66.7 Å². The fraction of sp³-hybridized carbons (Fsp3) is 0.408. The normalized spacial score (nSPS) is 13.3. The highest BCUT2D eigenvalue weighted by Gasteiger charge is 2.30. The molecule has 1 amide bonds. The second-order valence-electron chi connectivity index (χ2n) is 16.7. The maximum absolute atomic E-state index is 13.8. The number of nitrogens with two attached hydrogens (primary N) is 3. The summed E-state index contributed by atoms with van der Waals surface area (Å²) in [6, 6.07) is 20.9. The van der Waals surface area contributed by atoms with Gasteiger partial charge in [-0.3, -0.25) is 9.80 Å². The minimum absolute atomic E-state index is 0.149. The Hall–Kier alpha value is -6.16. The van der Waals surface area contributed by atoms with Crippen molar-refractivity contribution in [3.63, 3.8) is 0 Å². The van der Waals surface area contributed by atoms with E-state index in [4.69, 9.17) is 17.3 Å². The topological polar surface area (TPSA) is 215 Å². The molecule has 1 aliphatic rings. The van der Waals surface area contributed by atoms with E-state index in [1.54, 1.807) is 30.3 Å². The number of halogens is 3. The van der Waals surface area contributed by atoms with Crippen LogP contribution < -0.4 is 43.6 Å². The molecule has 0 unspecified atom stereocenters. The van der Waals surface area contributed by atoms with Gasteiger partial charge < -0.3 is 42.2 Å². The number of amides is 1. The Morgan fingerprint density at radius 2 is 1.72 bits per heavy atom. The number of carbonyl (C=O) groups is 1. The van der Waals surface area contributed by atoms with Gasteiger partial charge >= 0.3 is 6.18 Å². The zero-order valence-electron chi connectivity index (χ0n) is 39.0. The van der Waals surface area contributed by atoms with E-state index in [1.165, 1.54) is 33.5 Å². The average Bonchev–Trinajstić information content (AvgIpc) is 3.66. The van der Waals surface area contributed by atoms with Crippen molar-refractivity contribution in [2.24, 2.45) is 11.6 Å². The van der Waals surface area contributed by atoms with E-state index in [1.807, 2.05) is 30.3 Å². The van der Waals surface area contributed by atoms with E-state index >= 15 is 0 Å². The molecule has 368 valence electrons. The number of anilines is 5. The summed E-state index contributed by atoms with van der Waals surface area (Å²) in [7, 11) is -3.33. The number of sulfone groups is 1. The van der Waals surface area contributed by atoms with Gasteiger partial charge in [0.25, 0.3) is 5.91 Å². The average molecular weight is 987 g/mol. The van der Waals surface area contributed by atoms with E-state index in [9.17, 15) is 26.4 Å². The molecule has 6 rings (SSSR count). The molecule has 0 aliphatic carbocycles. The molecule has 0 radical (unpaired) electrons. The van der Waals surface area contributed by atoms with Gasteiger partial charge in [-0.15, -0.1) is 0 Å². The smallest absolute Gasteiger partial charge is 0.393 e. The number of rotatable bonds is 21. The number of nitrogen functional groups attached to an aromatic ring is 1. The van der Waals surface area contributed by atoms with Crippen LogP contribution in [0.15, 0.2) is 82.8 Å². The van der Waals surface area contributed by atoms with Gasteiger partial charge in [0.2, 0.25) is 0 Å². The summed E-state index contributed by atoms with van der Waals surface area (Å²) < 4.78 is 66.0. The van der Waals surface area contributed by atoms with Gasteiger partial charge in [-0.2, -0.15) is 13.2 Å². The SMILES string of the molecule is CCCSc1nc(NCCN)c(N)c(N(N)Cc2ccc(C#CC(=O)NCCCCCN3CCC(Nc4cccc5c4cc(C#CCNc4ccc(S(C)(=O)=O)cc4)n5CC(F)(F)F)CC3)cc2)n1. The quantitative estimate of drug-likeness (QED) is 0.0106. The first-order valence-electron chi connectivity index (χ1n) is 23.0. The number of nitrogens with zero attached hydrogens (tertiary/aromatic N) is 5. The van der Waals surface area contributed by atoms with Crippen LogP contribution in [0, 0.1) is 23.7 Å². The molecule has 1 fully saturated rings. The van der Waals surface area contributed by atoms with Crippen molar-refractivity contribution in [2.45, 2.75) is 80.8 Å². The van der Waals surface area contributed by atoms with Crippen LogP contribution in [0.2, 0.25) is 0 Å². The van der Waals surface area contributed by atoms with Crippen LogP contribution in [0.4, 0.5) is 41.9 Å². The summed E-state index contributed by atoms with van der Waals surface area (Å²) in [4.78, 5) is 24.2. The van der Waals surface area contributed by atoms with Crippen molar-refractivity contribution >= 4 is 67.1 Å². The lowest BCUT2D eigenvalue weighted by Crippen LogP contribution is -2.39. The fourth-order valence-corrected chi connectivity index (χ4v) is 9.03. The maximum Gasteiger partial charge on any atom is 0.406 e. The van der Waals surface area contributed by atoms with Crippen molar-refractivity contribution in [2.75, 3.05) is 84.5 Å². The summed E-state index contributed by atoms with van der Waals surface area (Å²) in [6.45, 7) is 5.59. The first-order chi connectivity index (χ1) is 33.1. The van der Waals surface area contributed by atoms with Crippen molar-refractivity contribution < 1.29 is 26.4 Å². The molecule has 2 aromatic heterocycles. The molecule has 1 saturated heterocycles. The first-order valence-corrected chi connectivity index (χ1v) is 25.8. The number of nitrogens with one attached hydrogen (secondary N) is 4. The molecule has 15 nitrogen and oxygen atoms in total. The number of benzene rings is 3. The molecule has 3 aromatic carbocycles. The third-order valence-corrected chi connectivity index (χ3v) is 13.4. The number of thioether (sulfide) groups is 1. The van der Waals surface area contributed by atoms with E-state index < -0.39 is 22.6 Å². The zero-order valence-corrected chi connectivity index (χ0v) is 40.6. The largest absolute Gasteiger partial charge is 0.406 e. The second kappa shape index (κ2) is 24.9. The molecule has 0 saturated carbocycles. The Morgan fingerprint density at radius 3 is 2.42 bits per heavy atom. The number of aromatic nitrogens is 3. The van der Waals surface area contributed by atoms with Gasteiger partial charge in [-0.25, -0.2) is 24.2 Å². The summed E-state index contributed by atoms with van der Waals surface area (Å²) >= 11 is 1.53. The molecule has 0 bridgehead atoms. The Bertz CT molecular complexity index is 2740. The van der Waals surface area contributed by atoms with Crippen LogP contribution in [0.5, 0.6) is 0 Å². The molecule has 20 heteroatoms. The number of hydrogen-bond acceptors (Lipinski definition) is 14. The summed E-state index contributed by atoms with van der Waals surface area (Å²) in [5, 5.41) is 15.4. The summed E-state index contributed by atoms with van der Waals surface area (Å²) in [6.07, 6.45) is 2.19. The van der Waals surface area contributed by atoms with Crippen molar-refractivity contribution in [1.82, 2.24) is 24.8 Å². The molecule has 69 heavy (non-hydrogen) atoms. The van der Waals surface area contributed by atoms with E-state index in [-0.39, 0.29) is 29.1 Å². The summed E-state index contributed by atoms with van der Waals surface area (Å²) in [5.74, 6) is 19.3. The van der Waals surface area contributed by atoms with Crippen LogP contribution in [0.3, 0.4) is 0 Å². The number of alkyl halides is 3. The minimum atomic E-state index is -4.45. The minimum Gasteiger partial charge on any atom is -0.393 e. The van der Waals surface area contributed by atoms with Crippen molar-refractivity contribution in [3.8, 4) is 23.7 Å². The Kier molecular flexibility index (Phi) is 18.9. The predicted molar refractivity (Wildman–Crippen MR) is 272 cm³/mol. The standard InChI is InChI=1S/C49H61F3N12O3S2/c1-3-31-68-48-60-46(58-27-24-53)45(54)47(61-48)64(55)33-36-14-12-35(13-15-36)16-21-44(65)57-25-5-4-6-28-62-29-22-38(23-30-62)59-42-10-7-11-43-41(42)32-39(63(43)34-49(50,51)52)9-8-26-56-37-17-19-40(20-18-37)69(2,66)67/h7,10-15,17-20,32,38,56,59H,3-6,22-31,33-34,53-55H2,1-2H3,(H,57,65)(H,58,60,61). The Balaban J connectivity index is 0.908.